The van der Waals surface area contributed by atoms with Gasteiger partial charge in [-0.3, -0.25) is 9.67 Å². The van der Waals surface area contributed by atoms with Crippen LogP contribution in [0.25, 0.3) is 0 Å². The number of aliphatic imine (C=N–C) groups is 1. The number of halogens is 1. The minimum Gasteiger partial charge on any atom is -0.273 e. The van der Waals surface area contributed by atoms with Crippen molar-refractivity contribution in [3.05, 3.63) is 29.1 Å². The third kappa shape index (κ3) is 1.38. The van der Waals surface area contributed by atoms with E-state index in [1.54, 1.807) is 4.68 Å². The first-order valence-corrected chi connectivity index (χ1v) is 4.85. The molecule has 0 aliphatic carbocycles. The van der Waals surface area contributed by atoms with Crippen molar-refractivity contribution >= 4 is 17.3 Å². The highest BCUT2D eigenvalue weighted by atomic mass is 35.5. The largest absolute Gasteiger partial charge is 0.273 e. The number of hydrogen-bond acceptors (Lipinski definition) is 2. The van der Waals surface area contributed by atoms with Crippen molar-refractivity contribution in [1.29, 1.82) is 0 Å². The van der Waals surface area contributed by atoms with Crippen LogP contribution in [0.4, 0.5) is 0 Å². The maximum absolute atomic E-state index is 5.93. The van der Waals surface area contributed by atoms with E-state index in [1.165, 1.54) is 0 Å². The van der Waals surface area contributed by atoms with Gasteiger partial charge in [0.15, 0.2) is 0 Å². The van der Waals surface area contributed by atoms with E-state index in [-0.39, 0.29) is 5.54 Å². The lowest BCUT2D eigenvalue weighted by molar-refractivity contribution is 0.597. The second-order valence-electron chi connectivity index (χ2n) is 3.71. The van der Waals surface area contributed by atoms with Crippen LogP contribution in [0.5, 0.6) is 0 Å². The van der Waals surface area contributed by atoms with Crippen LogP contribution in [0.1, 0.15) is 19.5 Å². The van der Waals surface area contributed by atoms with E-state index in [0.29, 0.717) is 5.15 Å². The zero-order valence-corrected chi connectivity index (χ0v) is 9.21. The van der Waals surface area contributed by atoms with Crippen LogP contribution >= 0.6 is 11.6 Å². The second-order valence-corrected chi connectivity index (χ2v) is 4.10. The van der Waals surface area contributed by atoms with Crippen LogP contribution < -0.4 is 0 Å². The summed E-state index contributed by atoms with van der Waals surface area (Å²) in [5, 5.41) is 4.96. The van der Waals surface area contributed by atoms with Crippen molar-refractivity contribution in [2.24, 2.45) is 12.0 Å². The summed E-state index contributed by atoms with van der Waals surface area (Å²) in [5.74, 6) is 0. The highest BCUT2D eigenvalue weighted by molar-refractivity contribution is 6.29. The summed E-state index contributed by atoms with van der Waals surface area (Å²) in [7, 11) is 1.82. The Balaban J connectivity index is 2.46. The summed E-state index contributed by atoms with van der Waals surface area (Å²) in [6, 6.07) is 1.86. The van der Waals surface area contributed by atoms with E-state index < -0.39 is 0 Å². The normalized spacial score (nSPS) is 25.6. The first-order chi connectivity index (χ1) is 6.51. The molecule has 2 heterocycles. The predicted molar refractivity (Wildman–Crippen MR) is 57.8 cm³/mol. The van der Waals surface area contributed by atoms with Crippen LogP contribution in [0.2, 0.25) is 5.15 Å². The molecular formula is C10H12ClN3. The Morgan fingerprint density at radius 2 is 2.21 bits per heavy atom. The van der Waals surface area contributed by atoms with Crippen molar-refractivity contribution in [3.63, 3.8) is 0 Å². The summed E-state index contributed by atoms with van der Waals surface area (Å²) < 4.78 is 1.65. The average molecular weight is 210 g/mol. The highest BCUT2D eigenvalue weighted by Gasteiger charge is 2.29. The third-order valence-electron chi connectivity index (χ3n) is 2.40. The highest BCUT2D eigenvalue weighted by Crippen LogP contribution is 2.31. The molecule has 4 heteroatoms. The van der Waals surface area contributed by atoms with Crippen LogP contribution in [-0.4, -0.2) is 15.5 Å². The number of rotatable bonds is 1. The fraction of sp³-hybridized carbons (Fsp3) is 0.400. The molecule has 0 saturated carbocycles. The van der Waals surface area contributed by atoms with Gasteiger partial charge in [-0.2, -0.15) is 5.10 Å². The van der Waals surface area contributed by atoms with Crippen molar-refractivity contribution in [2.75, 3.05) is 0 Å². The third-order valence-corrected chi connectivity index (χ3v) is 2.75. The van der Waals surface area contributed by atoms with Gasteiger partial charge in [0.1, 0.15) is 10.7 Å². The summed E-state index contributed by atoms with van der Waals surface area (Å²) in [5.41, 5.74) is 1.57. The summed E-state index contributed by atoms with van der Waals surface area (Å²) >= 11 is 5.93. The molecule has 1 aliphatic rings. The second kappa shape index (κ2) is 2.95. The van der Waals surface area contributed by atoms with E-state index in [4.69, 9.17) is 11.6 Å². The lowest BCUT2D eigenvalue weighted by Crippen LogP contribution is -2.15. The molecule has 0 spiro atoms. The molecule has 3 nitrogen and oxygen atoms in total. The summed E-state index contributed by atoms with van der Waals surface area (Å²) in [4.78, 5) is 4.52. The molecular weight excluding hydrogens is 198 g/mol. The van der Waals surface area contributed by atoms with Crippen LogP contribution in [-0.2, 0) is 12.6 Å². The lowest BCUT2D eigenvalue weighted by Gasteiger charge is -2.14. The zero-order chi connectivity index (χ0) is 10.3. The minimum atomic E-state index is -0.338. The van der Waals surface area contributed by atoms with Gasteiger partial charge in [0.2, 0.25) is 0 Å². The van der Waals surface area contributed by atoms with Crippen molar-refractivity contribution in [3.8, 4) is 0 Å². The molecule has 0 radical (unpaired) electrons. The Labute approximate surface area is 88.1 Å². The van der Waals surface area contributed by atoms with Crippen molar-refractivity contribution in [2.45, 2.75) is 19.4 Å². The SMILES string of the molecule is CC1=NC(C)(c2cc(Cl)n(C)n2)C=C1. The molecule has 0 aromatic carbocycles. The van der Waals surface area contributed by atoms with Gasteiger partial charge < -0.3 is 0 Å². The van der Waals surface area contributed by atoms with Gasteiger partial charge in [-0.15, -0.1) is 0 Å². The molecule has 2 rings (SSSR count). The molecule has 0 amide bonds. The van der Waals surface area contributed by atoms with Gasteiger partial charge >= 0.3 is 0 Å². The Bertz CT molecular complexity index is 411. The molecule has 1 atom stereocenters. The quantitative estimate of drug-likeness (QED) is 0.698. The predicted octanol–water partition coefficient (Wildman–Crippen LogP) is 2.32. The molecule has 1 aromatic heterocycles. The number of nitrogens with zero attached hydrogens (tertiary/aromatic N) is 3. The number of allylic oxidation sites excluding steroid dienone is 1. The molecule has 74 valence electrons. The van der Waals surface area contributed by atoms with E-state index >= 15 is 0 Å². The first-order valence-electron chi connectivity index (χ1n) is 4.47. The van der Waals surface area contributed by atoms with E-state index in [1.807, 2.05) is 39.1 Å². The van der Waals surface area contributed by atoms with E-state index in [0.717, 1.165) is 11.4 Å². The summed E-state index contributed by atoms with van der Waals surface area (Å²) in [6.45, 7) is 4.00. The average Bonchev–Trinajstić information content (AvgIpc) is 2.60. The lowest BCUT2D eigenvalue weighted by atomic mass is 10.0. The Kier molecular flexibility index (Phi) is 2.00. The fourth-order valence-corrected chi connectivity index (χ4v) is 1.70. The van der Waals surface area contributed by atoms with E-state index in [2.05, 4.69) is 10.1 Å². The van der Waals surface area contributed by atoms with Crippen LogP contribution in [0.3, 0.4) is 0 Å². The molecule has 0 bridgehead atoms. The number of hydrogen-bond donors (Lipinski definition) is 0. The van der Waals surface area contributed by atoms with Crippen molar-refractivity contribution in [1.82, 2.24) is 9.78 Å². The topological polar surface area (TPSA) is 30.2 Å². The zero-order valence-electron chi connectivity index (χ0n) is 8.45. The maximum atomic E-state index is 5.93. The van der Waals surface area contributed by atoms with Gasteiger partial charge in [0.25, 0.3) is 0 Å². The van der Waals surface area contributed by atoms with Crippen LogP contribution in [0.15, 0.2) is 23.2 Å². The smallest absolute Gasteiger partial charge is 0.127 e. The monoisotopic (exact) mass is 209 g/mol. The Morgan fingerprint density at radius 1 is 1.50 bits per heavy atom. The minimum absolute atomic E-state index is 0.338. The van der Waals surface area contributed by atoms with Gasteiger partial charge in [-0.25, -0.2) is 0 Å². The molecule has 1 unspecified atom stereocenters. The molecule has 0 fully saturated rings. The van der Waals surface area contributed by atoms with Crippen LogP contribution in [0, 0.1) is 0 Å². The molecule has 14 heavy (non-hydrogen) atoms. The number of aromatic nitrogens is 2. The molecule has 1 aromatic rings. The van der Waals surface area contributed by atoms with Crippen molar-refractivity contribution < 1.29 is 0 Å². The standard InChI is InChI=1S/C10H12ClN3/c1-7-4-5-10(2,12-7)8-6-9(11)14(3)13-8/h4-6H,1-3H3. The molecule has 0 N–H and O–H groups in total. The van der Waals surface area contributed by atoms with Gasteiger partial charge in [0.05, 0.1) is 5.69 Å². The molecule has 0 saturated heterocycles. The Hall–Kier alpha value is -1.09. The number of aryl methyl sites for hydroxylation is 1. The molecule has 1 aliphatic heterocycles. The van der Waals surface area contributed by atoms with E-state index in [9.17, 15) is 0 Å². The fourth-order valence-electron chi connectivity index (χ4n) is 1.56. The van der Waals surface area contributed by atoms with Gasteiger partial charge in [-0.1, -0.05) is 11.6 Å². The maximum Gasteiger partial charge on any atom is 0.127 e. The Morgan fingerprint density at radius 3 is 2.64 bits per heavy atom. The summed E-state index contributed by atoms with van der Waals surface area (Å²) in [6.07, 6.45) is 4.05. The van der Waals surface area contributed by atoms with Gasteiger partial charge in [-0.05, 0) is 26.0 Å². The first kappa shape index (κ1) is 9.46. The van der Waals surface area contributed by atoms with Gasteiger partial charge in [0, 0.05) is 18.8 Å².